The minimum Gasteiger partial charge on any atom is -0.454 e. The molecule has 0 radical (unpaired) electrons. The van der Waals surface area contributed by atoms with E-state index >= 15 is 0 Å². The van der Waals surface area contributed by atoms with Crippen molar-refractivity contribution < 1.29 is 22.7 Å². The molecule has 0 saturated carbocycles. The lowest BCUT2D eigenvalue weighted by Gasteiger charge is -2.10. The van der Waals surface area contributed by atoms with Gasteiger partial charge in [0.1, 0.15) is 5.15 Å². The van der Waals surface area contributed by atoms with Crippen LogP contribution < -0.4 is 0 Å². The van der Waals surface area contributed by atoms with Gasteiger partial charge in [-0.25, -0.2) is 17.9 Å². The van der Waals surface area contributed by atoms with Crippen LogP contribution in [0.25, 0.3) is 6.08 Å². The number of benzene rings is 1. The standard InChI is InChI=1S/C22H25ClN2O5S/c1-13-9-14(2)21(15(3)10-13)19(26)11-30-20(27)6-5-18-16(4)24-25(22(18)23)17-7-8-31(28,29)12-17/h5-6,9-10,17H,7-8,11-12H2,1-4H3/b6-5+/t17-/m0/s1. The molecule has 7 nitrogen and oxygen atoms in total. The zero-order valence-corrected chi connectivity index (χ0v) is 19.5. The molecule has 1 aliphatic rings. The Bertz CT molecular complexity index is 1160. The van der Waals surface area contributed by atoms with Crippen LogP contribution in [0.15, 0.2) is 18.2 Å². The molecule has 3 rings (SSSR count). The first-order valence-corrected chi connectivity index (χ1v) is 12.1. The summed E-state index contributed by atoms with van der Waals surface area (Å²) in [5.74, 6) is -0.833. The SMILES string of the molecule is Cc1cc(C)c(C(=O)COC(=O)/C=C/c2c(C)nn([C@H]3CCS(=O)(=O)C3)c2Cl)c(C)c1. The molecular formula is C22H25ClN2O5S. The number of carbonyl (C=O) groups is 2. The Morgan fingerprint density at radius 2 is 1.87 bits per heavy atom. The van der Waals surface area contributed by atoms with E-state index in [4.69, 9.17) is 16.3 Å². The molecule has 9 heteroatoms. The lowest BCUT2D eigenvalue weighted by molar-refractivity contribution is -0.136. The Morgan fingerprint density at radius 1 is 1.23 bits per heavy atom. The molecule has 0 amide bonds. The summed E-state index contributed by atoms with van der Waals surface area (Å²) >= 11 is 6.39. The van der Waals surface area contributed by atoms with Crippen molar-refractivity contribution in [2.24, 2.45) is 0 Å². The molecule has 0 unspecified atom stereocenters. The monoisotopic (exact) mass is 464 g/mol. The molecule has 1 aromatic carbocycles. The van der Waals surface area contributed by atoms with E-state index in [1.165, 1.54) is 16.8 Å². The fourth-order valence-corrected chi connectivity index (χ4v) is 6.03. The Hall–Kier alpha value is -2.45. The van der Waals surface area contributed by atoms with Crippen molar-refractivity contribution in [2.75, 3.05) is 18.1 Å². The molecule has 0 aliphatic carbocycles. The van der Waals surface area contributed by atoms with E-state index in [-0.39, 0.29) is 35.1 Å². The highest BCUT2D eigenvalue weighted by atomic mass is 35.5. The molecule has 1 aliphatic heterocycles. The van der Waals surface area contributed by atoms with Crippen molar-refractivity contribution >= 4 is 39.3 Å². The van der Waals surface area contributed by atoms with E-state index in [1.54, 1.807) is 6.92 Å². The number of esters is 1. The summed E-state index contributed by atoms with van der Waals surface area (Å²) in [7, 11) is -3.08. The summed E-state index contributed by atoms with van der Waals surface area (Å²) in [4.78, 5) is 24.6. The number of halogens is 1. The van der Waals surface area contributed by atoms with Gasteiger partial charge < -0.3 is 4.74 Å². The first kappa shape index (κ1) is 23.2. The van der Waals surface area contributed by atoms with E-state index in [9.17, 15) is 18.0 Å². The molecule has 1 saturated heterocycles. The smallest absolute Gasteiger partial charge is 0.331 e. The summed E-state index contributed by atoms with van der Waals surface area (Å²) in [6, 6.07) is 3.52. The maximum absolute atomic E-state index is 12.5. The van der Waals surface area contributed by atoms with Gasteiger partial charge in [-0.15, -0.1) is 0 Å². The largest absolute Gasteiger partial charge is 0.454 e. The number of Topliss-reactive ketones (excluding diaryl/α,β-unsaturated/α-hetero) is 1. The normalized spacial score (nSPS) is 17.9. The molecule has 31 heavy (non-hydrogen) atoms. The second kappa shape index (κ2) is 8.96. The van der Waals surface area contributed by atoms with Crippen LogP contribution in [0.3, 0.4) is 0 Å². The third kappa shape index (κ3) is 5.25. The van der Waals surface area contributed by atoms with Crippen molar-refractivity contribution in [1.82, 2.24) is 9.78 Å². The van der Waals surface area contributed by atoms with Crippen LogP contribution in [-0.4, -0.2) is 48.1 Å². The van der Waals surface area contributed by atoms with Gasteiger partial charge in [0.25, 0.3) is 0 Å². The topological polar surface area (TPSA) is 95.3 Å². The zero-order valence-electron chi connectivity index (χ0n) is 17.9. The highest BCUT2D eigenvalue weighted by Gasteiger charge is 2.31. The van der Waals surface area contributed by atoms with Gasteiger partial charge in [0.05, 0.1) is 23.2 Å². The number of hydrogen-bond acceptors (Lipinski definition) is 6. The van der Waals surface area contributed by atoms with Crippen LogP contribution in [0.1, 0.15) is 50.8 Å². The number of aromatic nitrogens is 2. The van der Waals surface area contributed by atoms with Crippen molar-refractivity contribution in [3.63, 3.8) is 0 Å². The minimum absolute atomic E-state index is 0.00100. The second-order valence-corrected chi connectivity index (χ2v) is 10.5. The molecule has 0 bridgehead atoms. The van der Waals surface area contributed by atoms with Gasteiger partial charge in [0.2, 0.25) is 5.78 Å². The number of aryl methyl sites for hydroxylation is 4. The van der Waals surface area contributed by atoms with Crippen LogP contribution >= 0.6 is 11.6 Å². The average molecular weight is 465 g/mol. The van der Waals surface area contributed by atoms with Crippen LogP contribution in [0.2, 0.25) is 5.15 Å². The van der Waals surface area contributed by atoms with Gasteiger partial charge >= 0.3 is 5.97 Å². The predicted molar refractivity (Wildman–Crippen MR) is 119 cm³/mol. The van der Waals surface area contributed by atoms with Crippen molar-refractivity contribution in [3.8, 4) is 0 Å². The third-order valence-electron chi connectivity index (χ3n) is 5.31. The molecule has 166 valence electrons. The van der Waals surface area contributed by atoms with Crippen LogP contribution in [0, 0.1) is 27.7 Å². The molecule has 1 atom stereocenters. The Morgan fingerprint density at radius 3 is 2.45 bits per heavy atom. The van der Waals surface area contributed by atoms with E-state index in [0.717, 1.165) is 16.7 Å². The molecule has 1 aromatic heterocycles. The highest BCUT2D eigenvalue weighted by Crippen LogP contribution is 2.30. The van der Waals surface area contributed by atoms with Crippen molar-refractivity contribution in [2.45, 2.75) is 40.2 Å². The fraction of sp³-hybridized carbons (Fsp3) is 0.409. The summed E-state index contributed by atoms with van der Waals surface area (Å²) in [5.41, 5.74) is 4.40. The number of rotatable bonds is 6. The lowest BCUT2D eigenvalue weighted by Crippen LogP contribution is -2.15. The molecular weight excluding hydrogens is 440 g/mol. The van der Waals surface area contributed by atoms with Gasteiger partial charge in [-0.1, -0.05) is 29.3 Å². The number of ketones is 1. The first-order chi connectivity index (χ1) is 14.5. The molecule has 0 spiro atoms. The first-order valence-electron chi connectivity index (χ1n) is 9.89. The Labute approximate surface area is 187 Å². The maximum Gasteiger partial charge on any atom is 0.331 e. The van der Waals surface area contributed by atoms with Gasteiger partial charge in [-0.05, 0) is 51.3 Å². The van der Waals surface area contributed by atoms with Crippen LogP contribution in [0.4, 0.5) is 0 Å². The minimum atomic E-state index is -3.08. The molecule has 1 fully saturated rings. The number of hydrogen-bond donors (Lipinski definition) is 0. The number of carbonyl (C=O) groups excluding carboxylic acids is 2. The van der Waals surface area contributed by atoms with E-state index < -0.39 is 15.8 Å². The summed E-state index contributed by atoms with van der Waals surface area (Å²) in [5, 5.41) is 4.61. The van der Waals surface area contributed by atoms with E-state index in [0.29, 0.717) is 23.2 Å². The van der Waals surface area contributed by atoms with Crippen LogP contribution in [-0.2, 0) is 19.4 Å². The summed E-state index contributed by atoms with van der Waals surface area (Å²) in [6.45, 7) is 7.03. The Balaban J connectivity index is 1.66. The number of sulfone groups is 1. The molecule has 0 N–H and O–H groups in total. The predicted octanol–water partition coefficient (Wildman–Crippen LogP) is 3.57. The lowest BCUT2D eigenvalue weighted by atomic mass is 9.97. The van der Waals surface area contributed by atoms with E-state index in [1.807, 2.05) is 32.9 Å². The van der Waals surface area contributed by atoms with Gasteiger partial charge in [-0.3, -0.25) is 4.79 Å². The number of nitrogens with zero attached hydrogens (tertiary/aromatic N) is 2. The van der Waals surface area contributed by atoms with Crippen molar-refractivity contribution in [1.29, 1.82) is 0 Å². The third-order valence-corrected chi connectivity index (χ3v) is 7.44. The number of ether oxygens (including phenoxy) is 1. The summed E-state index contributed by atoms with van der Waals surface area (Å²) < 4.78 is 30.1. The summed E-state index contributed by atoms with van der Waals surface area (Å²) in [6.07, 6.45) is 3.11. The zero-order chi connectivity index (χ0) is 22.9. The van der Waals surface area contributed by atoms with Crippen LogP contribution in [0.5, 0.6) is 0 Å². The molecule has 2 aromatic rings. The van der Waals surface area contributed by atoms with Gasteiger partial charge in [-0.2, -0.15) is 5.10 Å². The molecule has 2 heterocycles. The quantitative estimate of drug-likeness (QED) is 0.368. The van der Waals surface area contributed by atoms with Crippen molar-refractivity contribution in [3.05, 3.63) is 56.9 Å². The fourth-order valence-electron chi connectivity index (χ4n) is 3.96. The van der Waals surface area contributed by atoms with Gasteiger partial charge in [0, 0.05) is 17.2 Å². The van der Waals surface area contributed by atoms with E-state index in [2.05, 4.69) is 5.10 Å². The highest BCUT2D eigenvalue weighted by molar-refractivity contribution is 7.91. The Kier molecular flexibility index (Phi) is 6.71. The average Bonchev–Trinajstić information content (AvgIpc) is 3.16. The van der Waals surface area contributed by atoms with Gasteiger partial charge in [0.15, 0.2) is 16.4 Å². The maximum atomic E-state index is 12.5. The second-order valence-electron chi connectivity index (χ2n) is 7.93.